The van der Waals surface area contributed by atoms with Gasteiger partial charge in [0.1, 0.15) is 6.29 Å². The average Bonchev–Trinajstić information content (AvgIpc) is 2.24. The van der Waals surface area contributed by atoms with Crippen LogP contribution in [0.1, 0.15) is 18.4 Å². The van der Waals surface area contributed by atoms with Crippen molar-refractivity contribution in [3.8, 4) is 0 Å². The second kappa shape index (κ2) is 5.75. The highest BCUT2D eigenvalue weighted by Crippen LogP contribution is 2.26. The van der Waals surface area contributed by atoms with E-state index in [0.717, 1.165) is 16.3 Å². The SMILES string of the molecule is C[C@@H](C=O)[C@H](C[N+](=O)[O-])c1cccc(Br)c1. The van der Waals surface area contributed by atoms with E-state index >= 15 is 0 Å². The van der Waals surface area contributed by atoms with Gasteiger partial charge in [-0.3, -0.25) is 10.1 Å². The predicted molar refractivity (Wildman–Crippen MR) is 64.0 cm³/mol. The number of hydrogen-bond donors (Lipinski definition) is 0. The van der Waals surface area contributed by atoms with Crippen molar-refractivity contribution in [3.05, 3.63) is 44.4 Å². The monoisotopic (exact) mass is 285 g/mol. The van der Waals surface area contributed by atoms with Crippen LogP contribution in [-0.4, -0.2) is 17.8 Å². The van der Waals surface area contributed by atoms with Crippen LogP contribution in [0.3, 0.4) is 0 Å². The standard InChI is InChI=1S/C11H12BrNO3/c1-8(7-14)11(6-13(15)16)9-3-2-4-10(12)5-9/h2-5,7-8,11H,6H2,1H3/t8-,11-/m0/s1. The van der Waals surface area contributed by atoms with E-state index in [9.17, 15) is 14.9 Å². The quantitative estimate of drug-likeness (QED) is 0.475. The Kier molecular flexibility index (Phi) is 4.61. The van der Waals surface area contributed by atoms with E-state index in [2.05, 4.69) is 15.9 Å². The number of halogens is 1. The van der Waals surface area contributed by atoms with Gasteiger partial charge in [0.2, 0.25) is 6.54 Å². The summed E-state index contributed by atoms with van der Waals surface area (Å²) in [7, 11) is 0. The number of benzene rings is 1. The fourth-order valence-corrected chi connectivity index (χ4v) is 1.98. The van der Waals surface area contributed by atoms with Crippen molar-refractivity contribution >= 4 is 22.2 Å². The second-order valence-corrected chi connectivity index (χ2v) is 4.59. The second-order valence-electron chi connectivity index (χ2n) is 3.67. The van der Waals surface area contributed by atoms with Crippen molar-refractivity contribution in [1.82, 2.24) is 0 Å². The summed E-state index contributed by atoms with van der Waals surface area (Å²) in [5.74, 6) is -0.732. The van der Waals surface area contributed by atoms with Crippen LogP contribution < -0.4 is 0 Å². The Morgan fingerprint density at radius 3 is 2.75 bits per heavy atom. The summed E-state index contributed by atoms with van der Waals surface area (Å²) in [5, 5.41) is 10.6. The summed E-state index contributed by atoms with van der Waals surface area (Å²) in [5.41, 5.74) is 0.811. The minimum absolute atomic E-state index is 0.226. The zero-order valence-electron chi connectivity index (χ0n) is 8.80. The molecular formula is C11H12BrNO3. The lowest BCUT2D eigenvalue weighted by Crippen LogP contribution is -2.20. The van der Waals surface area contributed by atoms with Crippen LogP contribution in [0.5, 0.6) is 0 Å². The molecule has 2 atom stereocenters. The summed E-state index contributed by atoms with van der Waals surface area (Å²) in [4.78, 5) is 20.9. The van der Waals surface area contributed by atoms with Crippen molar-refractivity contribution in [3.63, 3.8) is 0 Å². The molecule has 0 aliphatic heterocycles. The van der Waals surface area contributed by atoms with E-state index in [-0.39, 0.29) is 23.3 Å². The van der Waals surface area contributed by atoms with E-state index in [1.54, 1.807) is 13.0 Å². The molecule has 0 saturated carbocycles. The first kappa shape index (κ1) is 12.8. The Balaban J connectivity index is 3.00. The van der Waals surface area contributed by atoms with E-state index in [4.69, 9.17) is 0 Å². The highest BCUT2D eigenvalue weighted by atomic mass is 79.9. The summed E-state index contributed by atoms with van der Waals surface area (Å²) < 4.78 is 0.858. The Morgan fingerprint density at radius 2 is 2.25 bits per heavy atom. The molecule has 0 heterocycles. The van der Waals surface area contributed by atoms with Crippen LogP contribution in [0.2, 0.25) is 0 Å². The number of nitrogens with zero attached hydrogens (tertiary/aromatic N) is 1. The predicted octanol–water partition coefficient (Wildman–Crippen LogP) is 2.64. The van der Waals surface area contributed by atoms with Gasteiger partial charge in [0, 0.05) is 15.3 Å². The first-order valence-corrected chi connectivity index (χ1v) is 5.66. The molecule has 86 valence electrons. The lowest BCUT2D eigenvalue weighted by Gasteiger charge is -2.16. The van der Waals surface area contributed by atoms with Crippen molar-refractivity contribution in [2.45, 2.75) is 12.8 Å². The first-order valence-electron chi connectivity index (χ1n) is 4.87. The van der Waals surface area contributed by atoms with Crippen molar-refractivity contribution in [2.24, 2.45) is 5.92 Å². The molecule has 0 amide bonds. The van der Waals surface area contributed by atoms with Gasteiger partial charge in [0.25, 0.3) is 0 Å². The Labute approximate surface area is 102 Å². The number of carbonyl (C=O) groups is 1. The van der Waals surface area contributed by atoms with Crippen LogP contribution in [0.4, 0.5) is 0 Å². The lowest BCUT2D eigenvalue weighted by molar-refractivity contribution is -0.484. The fraction of sp³-hybridized carbons (Fsp3) is 0.364. The topological polar surface area (TPSA) is 60.2 Å². The normalized spacial score (nSPS) is 14.1. The highest BCUT2D eigenvalue weighted by molar-refractivity contribution is 9.10. The number of rotatable bonds is 5. The molecule has 0 N–H and O–H groups in total. The minimum Gasteiger partial charge on any atom is -0.303 e. The fourth-order valence-electron chi connectivity index (χ4n) is 1.57. The molecule has 1 aromatic carbocycles. The van der Waals surface area contributed by atoms with Gasteiger partial charge in [-0.1, -0.05) is 35.0 Å². The molecule has 4 nitrogen and oxygen atoms in total. The maximum absolute atomic E-state index is 10.8. The molecule has 0 saturated heterocycles. The van der Waals surface area contributed by atoms with E-state index in [1.807, 2.05) is 18.2 Å². The first-order chi connectivity index (χ1) is 7.54. The van der Waals surface area contributed by atoms with Crippen LogP contribution in [0.15, 0.2) is 28.7 Å². The molecule has 0 unspecified atom stereocenters. The van der Waals surface area contributed by atoms with Gasteiger partial charge in [-0.15, -0.1) is 0 Å². The third-order valence-electron chi connectivity index (χ3n) is 2.47. The van der Waals surface area contributed by atoms with Gasteiger partial charge in [0.15, 0.2) is 0 Å². The molecule has 0 aliphatic rings. The molecule has 1 aromatic rings. The molecule has 16 heavy (non-hydrogen) atoms. The van der Waals surface area contributed by atoms with E-state index in [1.165, 1.54) is 0 Å². The van der Waals surface area contributed by atoms with Crippen LogP contribution in [0.25, 0.3) is 0 Å². The number of carbonyl (C=O) groups excluding carboxylic acids is 1. The molecule has 5 heteroatoms. The molecule has 0 fully saturated rings. The molecule has 0 aliphatic carbocycles. The maximum Gasteiger partial charge on any atom is 0.211 e. The zero-order valence-corrected chi connectivity index (χ0v) is 10.4. The van der Waals surface area contributed by atoms with Crippen LogP contribution in [-0.2, 0) is 4.79 Å². The van der Waals surface area contributed by atoms with Gasteiger partial charge in [-0.2, -0.15) is 0 Å². The molecule has 0 radical (unpaired) electrons. The average molecular weight is 286 g/mol. The molecule has 0 bridgehead atoms. The summed E-state index contributed by atoms with van der Waals surface area (Å²) in [6, 6.07) is 7.27. The Morgan fingerprint density at radius 1 is 1.56 bits per heavy atom. The van der Waals surface area contributed by atoms with Crippen molar-refractivity contribution < 1.29 is 9.72 Å². The Hall–Kier alpha value is -1.23. The largest absolute Gasteiger partial charge is 0.303 e. The molecule has 0 aromatic heterocycles. The van der Waals surface area contributed by atoms with Crippen molar-refractivity contribution in [1.29, 1.82) is 0 Å². The van der Waals surface area contributed by atoms with Crippen LogP contribution in [0, 0.1) is 16.0 Å². The van der Waals surface area contributed by atoms with E-state index in [0.29, 0.717) is 0 Å². The number of aldehydes is 1. The summed E-state index contributed by atoms with van der Waals surface area (Å²) >= 11 is 3.31. The van der Waals surface area contributed by atoms with Gasteiger partial charge in [-0.25, -0.2) is 0 Å². The van der Waals surface area contributed by atoms with Gasteiger partial charge in [0.05, 0.1) is 5.92 Å². The molecular weight excluding hydrogens is 274 g/mol. The maximum atomic E-state index is 10.8. The lowest BCUT2D eigenvalue weighted by atomic mass is 9.88. The zero-order chi connectivity index (χ0) is 12.1. The number of hydrogen-bond acceptors (Lipinski definition) is 3. The summed E-state index contributed by atoms with van der Waals surface area (Å²) in [6.07, 6.45) is 0.759. The van der Waals surface area contributed by atoms with Gasteiger partial charge >= 0.3 is 0 Å². The van der Waals surface area contributed by atoms with Gasteiger partial charge in [-0.05, 0) is 17.7 Å². The Bertz CT molecular complexity index is 395. The van der Waals surface area contributed by atoms with Crippen LogP contribution >= 0.6 is 15.9 Å². The third-order valence-corrected chi connectivity index (χ3v) is 2.97. The molecule has 1 rings (SSSR count). The van der Waals surface area contributed by atoms with Crippen molar-refractivity contribution in [2.75, 3.05) is 6.54 Å². The van der Waals surface area contributed by atoms with Gasteiger partial charge < -0.3 is 4.79 Å². The molecule has 0 spiro atoms. The number of nitro groups is 1. The third kappa shape index (κ3) is 3.41. The van der Waals surface area contributed by atoms with E-state index < -0.39 is 0 Å². The smallest absolute Gasteiger partial charge is 0.211 e. The summed E-state index contributed by atoms with van der Waals surface area (Å²) in [6.45, 7) is 1.47. The minimum atomic E-state index is -0.383. The highest BCUT2D eigenvalue weighted by Gasteiger charge is 2.24.